The molecule has 5 nitrogen and oxygen atoms in total. The molecule has 0 fully saturated rings. The smallest absolute Gasteiger partial charge is 0.291 e. The second-order valence-corrected chi connectivity index (χ2v) is 8.09. The first kappa shape index (κ1) is 19.1. The third-order valence-electron chi connectivity index (χ3n) is 5.80. The molecule has 0 bridgehead atoms. The molecule has 5 heteroatoms. The zero-order valence-electron chi connectivity index (χ0n) is 17.3. The number of nitrogens with zero attached hydrogens (tertiary/aromatic N) is 1. The Morgan fingerprint density at radius 3 is 2.29 bits per heavy atom. The van der Waals surface area contributed by atoms with E-state index < -0.39 is 6.04 Å². The molecule has 4 aromatic rings. The van der Waals surface area contributed by atoms with Crippen molar-refractivity contribution >= 4 is 16.9 Å². The van der Waals surface area contributed by atoms with Gasteiger partial charge in [0.05, 0.1) is 17.0 Å². The van der Waals surface area contributed by atoms with Crippen molar-refractivity contribution in [2.45, 2.75) is 26.4 Å². The molecular formula is C26H21NO4. The van der Waals surface area contributed by atoms with Gasteiger partial charge in [0, 0.05) is 6.54 Å². The van der Waals surface area contributed by atoms with Crippen LogP contribution in [0, 0.1) is 13.8 Å². The Morgan fingerprint density at radius 1 is 0.903 bits per heavy atom. The summed E-state index contributed by atoms with van der Waals surface area (Å²) in [6.07, 6.45) is 0. The van der Waals surface area contributed by atoms with E-state index in [-0.39, 0.29) is 22.8 Å². The SMILES string of the molecule is Cc1ccc(CN2C(=O)c3oc4ccc(C)cc4c(=O)c3[C@H]2c2ccc(O)cc2)cc1. The van der Waals surface area contributed by atoms with Crippen molar-refractivity contribution in [2.75, 3.05) is 0 Å². The van der Waals surface area contributed by atoms with Crippen molar-refractivity contribution in [3.63, 3.8) is 0 Å². The first-order valence-corrected chi connectivity index (χ1v) is 10.1. The van der Waals surface area contributed by atoms with Crippen LogP contribution in [0.4, 0.5) is 0 Å². The van der Waals surface area contributed by atoms with Gasteiger partial charge in [-0.25, -0.2) is 0 Å². The van der Waals surface area contributed by atoms with Crippen molar-refractivity contribution in [2.24, 2.45) is 0 Å². The van der Waals surface area contributed by atoms with E-state index in [1.165, 1.54) is 0 Å². The molecule has 0 saturated carbocycles. The number of phenols is 1. The lowest BCUT2D eigenvalue weighted by atomic mass is 9.98. The normalized spacial score (nSPS) is 15.5. The molecule has 1 amide bonds. The van der Waals surface area contributed by atoms with E-state index in [4.69, 9.17) is 4.42 Å². The van der Waals surface area contributed by atoms with Gasteiger partial charge in [-0.3, -0.25) is 9.59 Å². The summed E-state index contributed by atoms with van der Waals surface area (Å²) in [6.45, 7) is 4.26. The first-order valence-electron chi connectivity index (χ1n) is 10.1. The number of aromatic hydroxyl groups is 1. The molecule has 1 aliphatic heterocycles. The van der Waals surface area contributed by atoms with Crippen LogP contribution in [0.25, 0.3) is 11.0 Å². The summed E-state index contributed by atoms with van der Waals surface area (Å²) in [4.78, 5) is 28.6. The summed E-state index contributed by atoms with van der Waals surface area (Å²) >= 11 is 0. The van der Waals surface area contributed by atoms with Gasteiger partial charge < -0.3 is 14.4 Å². The van der Waals surface area contributed by atoms with E-state index in [1.54, 1.807) is 41.3 Å². The van der Waals surface area contributed by atoms with Crippen molar-refractivity contribution in [3.8, 4) is 5.75 Å². The number of carbonyl (C=O) groups excluding carboxylic acids is 1. The number of phenolic OH excluding ortho intramolecular Hbond substituents is 1. The van der Waals surface area contributed by atoms with E-state index in [9.17, 15) is 14.7 Å². The van der Waals surface area contributed by atoms with Crippen LogP contribution in [-0.4, -0.2) is 15.9 Å². The van der Waals surface area contributed by atoms with Gasteiger partial charge in [0.15, 0.2) is 5.43 Å². The van der Waals surface area contributed by atoms with E-state index >= 15 is 0 Å². The fraction of sp³-hybridized carbons (Fsp3) is 0.154. The lowest BCUT2D eigenvalue weighted by Gasteiger charge is -2.25. The molecule has 0 spiro atoms. The number of fused-ring (bicyclic) bond motifs is 2. The first-order chi connectivity index (χ1) is 14.9. The van der Waals surface area contributed by atoms with E-state index in [2.05, 4.69) is 0 Å². The van der Waals surface area contributed by atoms with Gasteiger partial charge in [-0.05, 0) is 49.2 Å². The lowest BCUT2D eigenvalue weighted by molar-refractivity contribution is 0.0714. The number of benzene rings is 3. The fourth-order valence-corrected chi connectivity index (χ4v) is 4.19. The highest BCUT2D eigenvalue weighted by molar-refractivity contribution is 5.99. The predicted octanol–water partition coefficient (Wildman–Crippen LogP) is 4.86. The molecule has 0 aliphatic carbocycles. The number of aryl methyl sites for hydroxylation is 2. The maximum Gasteiger partial charge on any atom is 0.291 e. The average molecular weight is 411 g/mol. The fourth-order valence-electron chi connectivity index (χ4n) is 4.19. The van der Waals surface area contributed by atoms with Gasteiger partial charge in [-0.1, -0.05) is 53.6 Å². The van der Waals surface area contributed by atoms with Crippen LogP contribution in [0.2, 0.25) is 0 Å². The number of hydrogen-bond donors (Lipinski definition) is 1. The number of carbonyl (C=O) groups is 1. The van der Waals surface area contributed by atoms with Crippen LogP contribution in [0.5, 0.6) is 5.75 Å². The van der Waals surface area contributed by atoms with Gasteiger partial charge in [-0.2, -0.15) is 0 Å². The zero-order valence-corrected chi connectivity index (χ0v) is 17.3. The van der Waals surface area contributed by atoms with Gasteiger partial charge in [0.1, 0.15) is 11.3 Å². The number of hydrogen-bond acceptors (Lipinski definition) is 4. The second-order valence-electron chi connectivity index (χ2n) is 8.09. The Balaban J connectivity index is 1.72. The lowest BCUT2D eigenvalue weighted by Crippen LogP contribution is -2.29. The monoisotopic (exact) mass is 411 g/mol. The molecule has 31 heavy (non-hydrogen) atoms. The molecule has 1 aromatic heterocycles. The Bertz CT molecular complexity index is 1370. The Morgan fingerprint density at radius 2 is 1.58 bits per heavy atom. The molecule has 2 heterocycles. The molecule has 5 rings (SSSR count). The van der Waals surface area contributed by atoms with Crippen LogP contribution in [0.3, 0.4) is 0 Å². The Hall–Kier alpha value is -3.86. The molecule has 1 N–H and O–H groups in total. The number of amides is 1. The number of rotatable bonds is 3. The maximum atomic E-state index is 13.5. The molecule has 0 saturated heterocycles. The zero-order chi connectivity index (χ0) is 21.7. The quantitative estimate of drug-likeness (QED) is 0.523. The van der Waals surface area contributed by atoms with Crippen molar-refractivity contribution < 1.29 is 14.3 Å². The third kappa shape index (κ3) is 3.19. The molecule has 1 aliphatic rings. The van der Waals surface area contributed by atoms with Crippen molar-refractivity contribution in [3.05, 3.63) is 111 Å². The van der Waals surface area contributed by atoms with Crippen LogP contribution in [-0.2, 0) is 6.54 Å². The van der Waals surface area contributed by atoms with Crippen LogP contribution >= 0.6 is 0 Å². The minimum atomic E-state index is -0.592. The minimum Gasteiger partial charge on any atom is -0.508 e. The van der Waals surface area contributed by atoms with E-state index in [1.807, 2.05) is 44.2 Å². The van der Waals surface area contributed by atoms with Gasteiger partial charge >= 0.3 is 0 Å². The standard InChI is InChI=1S/C26H21NO4/c1-15-3-6-17(7-4-15)14-27-23(18-8-10-19(28)11-9-18)22-24(29)20-13-16(2)5-12-21(20)31-25(22)26(27)30/h3-13,23,28H,14H2,1-2H3/t23-/m1/s1. The van der Waals surface area contributed by atoms with Crippen LogP contribution in [0.1, 0.15) is 44.4 Å². The van der Waals surface area contributed by atoms with E-state index in [0.29, 0.717) is 23.1 Å². The summed E-state index contributed by atoms with van der Waals surface area (Å²) in [5.74, 6) is -0.0979. The molecule has 154 valence electrons. The van der Waals surface area contributed by atoms with Crippen molar-refractivity contribution in [1.82, 2.24) is 4.90 Å². The summed E-state index contributed by atoms with van der Waals surface area (Å²) in [5, 5.41) is 10.2. The van der Waals surface area contributed by atoms with Crippen LogP contribution < -0.4 is 5.43 Å². The molecule has 1 atom stereocenters. The highest BCUT2D eigenvalue weighted by Gasteiger charge is 2.42. The highest BCUT2D eigenvalue weighted by atomic mass is 16.3. The third-order valence-corrected chi connectivity index (χ3v) is 5.80. The molecule has 0 unspecified atom stereocenters. The largest absolute Gasteiger partial charge is 0.508 e. The topological polar surface area (TPSA) is 70.8 Å². The summed E-state index contributed by atoms with van der Waals surface area (Å²) in [7, 11) is 0. The minimum absolute atomic E-state index is 0.0894. The average Bonchev–Trinajstić information content (AvgIpc) is 3.03. The van der Waals surface area contributed by atoms with Crippen molar-refractivity contribution in [1.29, 1.82) is 0 Å². The highest BCUT2D eigenvalue weighted by Crippen LogP contribution is 2.39. The maximum absolute atomic E-state index is 13.5. The Labute approximate surface area is 179 Å². The second kappa shape index (κ2) is 7.13. The van der Waals surface area contributed by atoms with Gasteiger partial charge in [-0.15, -0.1) is 0 Å². The van der Waals surface area contributed by atoms with Gasteiger partial charge in [0.25, 0.3) is 5.91 Å². The predicted molar refractivity (Wildman–Crippen MR) is 118 cm³/mol. The van der Waals surface area contributed by atoms with Gasteiger partial charge in [0.2, 0.25) is 5.76 Å². The van der Waals surface area contributed by atoms with E-state index in [0.717, 1.165) is 22.3 Å². The Kier molecular flexibility index (Phi) is 4.40. The summed E-state index contributed by atoms with van der Waals surface area (Å²) in [6, 6.07) is 19.4. The van der Waals surface area contributed by atoms with Crippen LogP contribution in [0.15, 0.2) is 75.9 Å². The summed E-state index contributed by atoms with van der Waals surface area (Å²) in [5.41, 5.74) is 4.35. The molecule has 3 aromatic carbocycles. The summed E-state index contributed by atoms with van der Waals surface area (Å²) < 4.78 is 5.97. The molecular weight excluding hydrogens is 390 g/mol. The molecule has 0 radical (unpaired) electrons.